The number of morpholine rings is 1. The second-order valence-electron chi connectivity index (χ2n) is 11.9. The molecule has 3 amide bonds. The summed E-state index contributed by atoms with van der Waals surface area (Å²) >= 11 is 0. The van der Waals surface area contributed by atoms with Crippen LogP contribution in [0.15, 0.2) is 30.3 Å². The van der Waals surface area contributed by atoms with E-state index in [9.17, 15) is 14.4 Å². The van der Waals surface area contributed by atoms with E-state index >= 15 is 0 Å². The lowest BCUT2D eigenvalue weighted by Crippen LogP contribution is -2.53. The van der Waals surface area contributed by atoms with Crippen molar-refractivity contribution >= 4 is 75.7 Å². The fourth-order valence-electron chi connectivity index (χ4n) is 6.55. The molecule has 2 fully saturated rings. The third-order valence-electron chi connectivity index (χ3n) is 8.55. The van der Waals surface area contributed by atoms with Crippen LogP contribution in [0.3, 0.4) is 0 Å². The molecule has 2 aromatic carbocycles. The van der Waals surface area contributed by atoms with Crippen LogP contribution >= 0.6 is 0 Å². The first-order valence-electron chi connectivity index (χ1n) is 13.8. The zero-order chi connectivity index (χ0) is 28.1. The zero-order valence-electron chi connectivity index (χ0n) is 23.8. The summed E-state index contributed by atoms with van der Waals surface area (Å²) in [6, 6.07) is 9.38. The Morgan fingerprint density at radius 2 is 1.67 bits per heavy atom. The van der Waals surface area contributed by atoms with Gasteiger partial charge < -0.3 is 19.3 Å². The molecule has 1 N–H and O–H groups in total. The second-order valence-corrected chi connectivity index (χ2v) is 11.9. The van der Waals surface area contributed by atoms with Gasteiger partial charge in [0.25, 0.3) is 5.91 Å². The Balaban J connectivity index is 1.41. The van der Waals surface area contributed by atoms with Crippen LogP contribution in [0.5, 0.6) is 5.75 Å². The van der Waals surface area contributed by atoms with Gasteiger partial charge in [0.15, 0.2) is 15.7 Å². The lowest BCUT2D eigenvalue weighted by Gasteiger charge is -2.43. The summed E-state index contributed by atoms with van der Waals surface area (Å²) in [6.45, 7) is 3.61. The normalized spacial score (nSPS) is 20.6. The van der Waals surface area contributed by atoms with E-state index in [4.69, 9.17) is 9.47 Å². The summed E-state index contributed by atoms with van der Waals surface area (Å²) in [4.78, 5) is 41.4. The number of piperidine rings is 1. The van der Waals surface area contributed by atoms with Crippen LogP contribution in [-0.4, -0.2) is 107 Å². The van der Waals surface area contributed by atoms with Gasteiger partial charge in [0.1, 0.15) is 43.2 Å². The van der Waals surface area contributed by atoms with Crippen LogP contribution < -0.4 is 21.0 Å². The number of hydrogen-bond acceptors (Lipinski definition) is 6. The second kappa shape index (κ2) is 10.3. The molecule has 0 radical (unpaired) electrons. The number of nitrogens with zero attached hydrogens (tertiary/aromatic N) is 2. The van der Waals surface area contributed by atoms with Crippen LogP contribution in [0.2, 0.25) is 0 Å². The molecule has 0 saturated carbocycles. The van der Waals surface area contributed by atoms with E-state index in [-0.39, 0.29) is 30.1 Å². The highest BCUT2D eigenvalue weighted by molar-refractivity contribution is 6.48. The molecule has 8 nitrogen and oxygen atoms in total. The number of nitrogens with one attached hydrogen (secondary N) is 1. The molecule has 3 heterocycles. The lowest BCUT2D eigenvalue weighted by molar-refractivity contribution is -0.136. The van der Waals surface area contributed by atoms with Crippen LogP contribution in [0.4, 0.5) is 0 Å². The smallest absolute Gasteiger partial charge is 0.255 e. The summed E-state index contributed by atoms with van der Waals surface area (Å²) in [6.07, 6.45) is 0.557. The molecule has 0 bridgehead atoms. The Labute approximate surface area is 235 Å². The molecule has 39 heavy (non-hydrogen) atoms. The number of fused-ring (bicyclic) bond motifs is 1. The highest BCUT2D eigenvalue weighted by atomic mass is 16.5. The Bertz CT molecular complexity index is 1320. The molecule has 1 unspecified atom stereocenters. The SMILES string of the molecule is Bc1cc(C(B)(B)N2CCOCC2)cc(B)c1C(B)(B)Oc1cccc2c1CN(C1CCC(=O)NC1=O)C2=O. The third-order valence-corrected chi connectivity index (χ3v) is 8.55. The van der Waals surface area contributed by atoms with Crippen molar-refractivity contribution in [3.8, 4) is 5.75 Å². The number of carbonyl (C=O) groups excluding carboxylic acids is 3. The maximum atomic E-state index is 13.3. The monoisotopic (exact) mass is 521 g/mol. The van der Waals surface area contributed by atoms with Crippen LogP contribution in [0, 0.1) is 0 Å². The fraction of sp³-hybridized carbons (Fsp3) is 0.400. The van der Waals surface area contributed by atoms with E-state index in [2.05, 4.69) is 69.4 Å². The van der Waals surface area contributed by atoms with Crippen LogP contribution in [0.25, 0.3) is 0 Å². The van der Waals surface area contributed by atoms with Gasteiger partial charge in [0, 0.05) is 30.6 Å². The lowest BCUT2D eigenvalue weighted by atomic mass is 9.52. The molecule has 2 saturated heterocycles. The van der Waals surface area contributed by atoms with Gasteiger partial charge in [-0.3, -0.25) is 19.7 Å². The molecule has 3 aliphatic heterocycles. The quantitative estimate of drug-likeness (QED) is 0.302. The summed E-state index contributed by atoms with van der Waals surface area (Å²) in [5.74, 6) is -0.278. The maximum Gasteiger partial charge on any atom is 0.255 e. The van der Waals surface area contributed by atoms with Gasteiger partial charge >= 0.3 is 0 Å². The standard InChI is InChI=1S/C25H33B6N3O5/c26-16-10-13(24(28,29)33-6-8-38-9-7-33)11-17(27)21(16)25(30,31)39-19-3-1-2-14-15(19)12-34(23(14)37)18-4-5-20(35)32-22(18)36/h1-3,10-11,18H,4-9,12,26-31H2,(H,32,35,36). The number of rotatable bonds is 6. The Morgan fingerprint density at radius 1 is 1.00 bits per heavy atom. The van der Waals surface area contributed by atoms with Gasteiger partial charge in [0.05, 0.1) is 25.2 Å². The molecular weight excluding hydrogens is 487 g/mol. The van der Waals surface area contributed by atoms with Crippen LogP contribution in [0.1, 0.15) is 39.9 Å². The van der Waals surface area contributed by atoms with E-state index in [1.165, 1.54) is 5.56 Å². The number of ether oxygens (including phenoxy) is 2. The van der Waals surface area contributed by atoms with E-state index in [0.717, 1.165) is 48.4 Å². The Kier molecular flexibility index (Phi) is 7.31. The third kappa shape index (κ3) is 5.09. The van der Waals surface area contributed by atoms with Crippen molar-refractivity contribution in [1.82, 2.24) is 15.1 Å². The number of benzene rings is 2. The van der Waals surface area contributed by atoms with Crippen molar-refractivity contribution in [3.05, 3.63) is 52.6 Å². The Hall–Kier alpha value is -2.84. The number of hydrogen-bond donors (Lipinski definition) is 1. The minimum atomic E-state index is -0.671. The Morgan fingerprint density at radius 3 is 2.31 bits per heavy atom. The zero-order valence-corrected chi connectivity index (χ0v) is 23.8. The van der Waals surface area contributed by atoms with Crippen molar-refractivity contribution in [2.75, 3.05) is 26.3 Å². The first kappa shape index (κ1) is 27.7. The van der Waals surface area contributed by atoms with E-state index < -0.39 is 17.3 Å². The molecular formula is C25H33B6N3O5. The van der Waals surface area contributed by atoms with Gasteiger partial charge in [-0.15, -0.1) is 0 Å². The predicted octanol–water partition coefficient (Wildman–Crippen LogP) is -5.87. The summed E-state index contributed by atoms with van der Waals surface area (Å²) < 4.78 is 12.3. The van der Waals surface area contributed by atoms with Crippen molar-refractivity contribution in [2.45, 2.75) is 36.2 Å². The van der Waals surface area contributed by atoms with Crippen LogP contribution in [-0.2, 0) is 31.6 Å². The van der Waals surface area contributed by atoms with Crippen molar-refractivity contribution < 1.29 is 23.9 Å². The molecule has 2 aromatic rings. The number of carbonyl (C=O) groups is 3. The fourth-order valence-corrected chi connectivity index (χ4v) is 6.55. The molecule has 196 valence electrons. The van der Waals surface area contributed by atoms with E-state index in [1.54, 1.807) is 11.0 Å². The van der Waals surface area contributed by atoms with E-state index in [1.807, 2.05) is 12.1 Å². The average Bonchev–Trinajstić information content (AvgIpc) is 3.21. The molecule has 1 atom stereocenters. The highest BCUT2D eigenvalue weighted by Crippen LogP contribution is 2.36. The summed E-state index contributed by atoms with van der Waals surface area (Å²) in [5.41, 5.74) is 6.03. The minimum Gasteiger partial charge on any atom is -0.501 e. The van der Waals surface area contributed by atoms with Gasteiger partial charge in [-0.25, -0.2) is 0 Å². The molecule has 14 heteroatoms. The predicted molar refractivity (Wildman–Crippen MR) is 166 cm³/mol. The van der Waals surface area contributed by atoms with Crippen molar-refractivity contribution in [3.63, 3.8) is 0 Å². The first-order chi connectivity index (χ1) is 18.4. The average molecular weight is 520 g/mol. The van der Waals surface area contributed by atoms with Gasteiger partial charge in [-0.05, 0) is 35.0 Å². The summed E-state index contributed by atoms with van der Waals surface area (Å²) in [5, 5.41) is 1.57. The van der Waals surface area contributed by atoms with E-state index in [0.29, 0.717) is 17.7 Å². The highest BCUT2D eigenvalue weighted by Gasteiger charge is 2.41. The van der Waals surface area contributed by atoms with Gasteiger partial charge in [0.2, 0.25) is 11.8 Å². The van der Waals surface area contributed by atoms with Gasteiger partial charge in [-0.2, -0.15) is 0 Å². The molecule has 0 aromatic heterocycles. The number of amides is 3. The number of imide groups is 1. The van der Waals surface area contributed by atoms with Crippen molar-refractivity contribution in [1.29, 1.82) is 0 Å². The first-order valence-corrected chi connectivity index (χ1v) is 13.8. The van der Waals surface area contributed by atoms with Crippen molar-refractivity contribution in [2.24, 2.45) is 0 Å². The topological polar surface area (TPSA) is 88.2 Å². The maximum absolute atomic E-state index is 13.3. The summed E-state index contributed by atoms with van der Waals surface area (Å²) in [7, 11) is 12.9. The largest absolute Gasteiger partial charge is 0.501 e. The molecule has 3 aliphatic rings. The molecule has 0 spiro atoms. The minimum absolute atomic E-state index is 0.122. The molecule has 0 aliphatic carbocycles. The van der Waals surface area contributed by atoms with Gasteiger partial charge in [-0.1, -0.05) is 29.1 Å². The molecule has 5 rings (SSSR count).